The molecule has 5 heteroatoms. The van der Waals surface area contributed by atoms with Gasteiger partial charge in [-0.05, 0) is 79.3 Å². The van der Waals surface area contributed by atoms with Gasteiger partial charge in [0, 0.05) is 33.9 Å². The first-order valence-electron chi connectivity index (χ1n) is 10.8. The summed E-state index contributed by atoms with van der Waals surface area (Å²) < 4.78 is 0. The highest BCUT2D eigenvalue weighted by atomic mass is 14.8. The molecule has 0 saturated carbocycles. The van der Waals surface area contributed by atoms with E-state index in [9.17, 15) is 0 Å². The SMILES string of the molecule is CCc1c2nc(c(-c3ccccn3)c3ccc(cc4nc(cc5ccc1[nH]5)C=C4)[nH]3)C=C2. The Hall–Kier alpha value is -4.25. The van der Waals surface area contributed by atoms with E-state index in [2.05, 4.69) is 70.4 Å². The van der Waals surface area contributed by atoms with Crippen molar-refractivity contribution in [2.75, 3.05) is 0 Å². The molecule has 0 amide bonds. The molecule has 0 fully saturated rings. The number of nitrogens with zero attached hydrogens (tertiary/aromatic N) is 3. The van der Waals surface area contributed by atoms with Crippen LogP contribution in [0.15, 0.2) is 60.8 Å². The van der Waals surface area contributed by atoms with Gasteiger partial charge in [-0.15, -0.1) is 0 Å². The van der Waals surface area contributed by atoms with Crippen LogP contribution in [0.25, 0.3) is 57.6 Å². The van der Waals surface area contributed by atoms with E-state index in [0.717, 1.165) is 62.5 Å². The molecule has 6 heterocycles. The van der Waals surface area contributed by atoms with Crippen LogP contribution in [-0.2, 0) is 6.42 Å². The summed E-state index contributed by atoms with van der Waals surface area (Å²) in [7, 11) is 0. The smallest absolute Gasteiger partial charge is 0.0752 e. The summed E-state index contributed by atoms with van der Waals surface area (Å²) in [4.78, 5) is 21.5. The molecule has 32 heavy (non-hydrogen) atoms. The molecular weight excluding hydrogens is 394 g/mol. The molecule has 2 aliphatic heterocycles. The predicted molar refractivity (Wildman–Crippen MR) is 131 cm³/mol. The number of aromatic amines is 2. The third kappa shape index (κ3) is 3.24. The number of nitrogens with one attached hydrogen (secondary N) is 2. The Morgan fingerprint density at radius 1 is 0.719 bits per heavy atom. The highest BCUT2D eigenvalue weighted by Crippen LogP contribution is 2.29. The summed E-state index contributed by atoms with van der Waals surface area (Å²) in [6.07, 6.45) is 10.9. The summed E-state index contributed by atoms with van der Waals surface area (Å²) >= 11 is 0. The van der Waals surface area contributed by atoms with Gasteiger partial charge < -0.3 is 9.97 Å². The van der Waals surface area contributed by atoms with Crippen molar-refractivity contribution in [3.8, 4) is 11.3 Å². The van der Waals surface area contributed by atoms with E-state index >= 15 is 0 Å². The predicted octanol–water partition coefficient (Wildman–Crippen LogP) is 6.28. The van der Waals surface area contributed by atoms with Gasteiger partial charge in [-0.2, -0.15) is 0 Å². The van der Waals surface area contributed by atoms with Gasteiger partial charge >= 0.3 is 0 Å². The first kappa shape index (κ1) is 18.5. The monoisotopic (exact) mass is 415 g/mol. The lowest BCUT2D eigenvalue weighted by molar-refractivity contribution is 1.11. The van der Waals surface area contributed by atoms with Crippen molar-refractivity contribution in [1.29, 1.82) is 0 Å². The maximum Gasteiger partial charge on any atom is 0.0752 e. The number of hydrogen-bond acceptors (Lipinski definition) is 3. The lowest BCUT2D eigenvalue weighted by Crippen LogP contribution is -1.90. The maximum absolute atomic E-state index is 5.04. The summed E-state index contributed by atoms with van der Waals surface area (Å²) in [6, 6.07) is 18.4. The third-order valence-corrected chi connectivity index (χ3v) is 5.78. The molecule has 0 saturated heterocycles. The van der Waals surface area contributed by atoms with Gasteiger partial charge in [0.15, 0.2) is 0 Å². The summed E-state index contributed by atoms with van der Waals surface area (Å²) in [5.74, 6) is 0. The maximum atomic E-state index is 5.04. The van der Waals surface area contributed by atoms with Crippen molar-refractivity contribution in [3.63, 3.8) is 0 Å². The highest BCUT2D eigenvalue weighted by molar-refractivity contribution is 5.90. The first-order valence-corrected chi connectivity index (χ1v) is 10.8. The number of pyridine rings is 1. The molecule has 2 N–H and O–H groups in total. The Labute approximate surface area is 185 Å². The first-order chi connectivity index (χ1) is 15.8. The Kier molecular flexibility index (Phi) is 4.32. The molecule has 0 spiro atoms. The fraction of sp³-hybridized carbons (Fsp3) is 0.0741. The Bertz CT molecular complexity index is 1550. The molecule has 154 valence electrons. The van der Waals surface area contributed by atoms with Crippen LogP contribution in [0.1, 0.15) is 35.3 Å². The van der Waals surface area contributed by atoms with Gasteiger partial charge in [-0.25, -0.2) is 9.97 Å². The molecule has 4 aromatic heterocycles. The van der Waals surface area contributed by atoms with Crippen LogP contribution >= 0.6 is 0 Å². The fourth-order valence-corrected chi connectivity index (χ4v) is 4.28. The van der Waals surface area contributed by atoms with Crippen LogP contribution in [-0.4, -0.2) is 24.9 Å². The summed E-state index contributed by atoms with van der Waals surface area (Å²) in [5.41, 5.74) is 10.8. The number of H-pyrrole nitrogens is 2. The molecule has 2 aliphatic rings. The van der Waals surface area contributed by atoms with Crippen molar-refractivity contribution in [3.05, 3.63) is 89.1 Å². The zero-order valence-electron chi connectivity index (χ0n) is 17.6. The molecule has 4 aromatic rings. The summed E-state index contributed by atoms with van der Waals surface area (Å²) in [5, 5.41) is 0. The number of fused-ring (bicyclic) bond motifs is 8. The van der Waals surface area contributed by atoms with Crippen molar-refractivity contribution in [2.45, 2.75) is 13.3 Å². The second-order valence-corrected chi connectivity index (χ2v) is 7.88. The largest absolute Gasteiger partial charge is 0.355 e. The van der Waals surface area contributed by atoms with Gasteiger partial charge in [-0.1, -0.05) is 13.0 Å². The van der Waals surface area contributed by atoms with Crippen LogP contribution in [0.5, 0.6) is 0 Å². The Morgan fingerprint density at radius 2 is 1.44 bits per heavy atom. The Balaban J connectivity index is 1.76. The van der Waals surface area contributed by atoms with Crippen LogP contribution in [0.3, 0.4) is 0 Å². The highest BCUT2D eigenvalue weighted by Gasteiger charge is 2.13. The molecule has 0 radical (unpaired) electrons. The quantitative estimate of drug-likeness (QED) is 0.350. The van der Waals surface area contributed by atoms with Crippen LogP contribution in [0.2, 0.25) is 0 Å². The van der Waals surface area contributed by atoms with Crippen molar-refractivity contribution in [2.24, 2.45) is 0 Å². The van der Waals surface area contributed by atoms with Crippen molar-refractivity contribution >= 4 is 46.4 Å². The topological polar surface area (TPSA) is 70.2 Å². The lowest BCUT2D eigenvalue weighted by atomic mass is 10.1. The lowest BCUT2D eigenvalue weighted by Gasteiger charge is -2.02. The van der Waals surface area contributed by atoms with Crippen molar-refractivity contribution in [1.82, 2.24) is 24.9 Å². The minimum atomic E-state index is 0.871. The third-order valence-electron chi connectivity index (χ3n) is 5.78. The molecule has 0 aromatic carbocycles. The van der Waals surface area contributed by atoms with E-state index in [4.69, 9.17) is 9.97 Å². The number of hydrogen-bond donors (Lipinski definition) is 2. The second kappa shape index (κ2) is 7.46. The van der Waals surface area contributed by atoms with Gasteiger partial charge in [-0.3, -0.25) is 4.98 Å². The van der Waals surface area contributed by atoms with E-state index in [1.165, 1.54) is 5.56 Å². The molecule has 0 aliphatic carbocycles. The number of rotatable bonds is 2. The van der Waals surface area contributed by atoms with Crippen molar-refractivity contribution < 1.29 is 0 Å². The Morgan fingerprint density at radius 3 is 2.16 bits per heavy atom. The number of aromatic nitrogens is 5. The molecular formula is C27H21N5. The van der Waals surface area contributed by atoms with Gasteiger partial charge in [0.2, 0.25) is 0 Å². The van der Waals surface area contributed by atoms with Gasteiger partial charge in [0.25, 0.3) is 0 Å². The normalized spacial score (nSPS) is 12.4. The fourth-order valence-electron chi connectivity index (χ4n) is 4.28. The molecule has 0 unspecified atom stereocenters. The minimum Gasteiger partial charge on any atom is -0.355 e. The second-order valence-electron chi connectivity index (χ2n) is 7.88. The zero-order valence-corrected chi connectivity index (χ0v) is 17.6. The van der Waals surface area contributed by atoms with Gasteiger partial charge in [0.1, 0.15) is 0 Å². The zero-order chi connectivity index (χ0) is 21.5. The average Bonchev–Trinajstić information content (AvgIpc) is 3.60. The van der Waals surface area contributed by atoms with E-state index in [1.54, 1.807) is 0 Å². The standard InChI is InChI=1S/C27H21N5/c1-2-21-22-10-8-19(30-22)15-17-6-7-18(29-17)16-20-9-11-25(31-20)27(24-5-3-4-14-28-24)26-13-12-23(21)32-26/h3-16,30-31H,2H2,1H3. The van der Waals surface area contributed by atoms with E-state index in [1.807, 2.05) is 36.5 Å². The molecule has 6 rings (SSSR count). The number of aryl methyl sites for hydroxylation is 1. The van der Waals surface area contributed by atoms with Crippen LogP contribution in [0.4, 0.5) is 0 Å². The van der Waals surface area contributed by atoms with E-state index < -0.39 is 0 Å². The summed E-state index contributed by atoms with van der Waals surface area (Å²) in [6.45, 7) is 2.16. The molecule has 0 atom stereocenters. The average molecular weight is 416 g/mol. The van der Waals surface area contributed by atoms with Gasteiger partial charge in [0.05, 0.1) is 34.0 Å². The van der Waals surface area contributed by atoms with E-state index in [-0.39, 0.29) is 0 Å². The van der Waals surface area contributed by atoms with E-state index in [0.29, 0.717) is 0 Å². The molecule has 8 bridgehead atoms. The minimum absolute atomic E-state index is 0.871. The van der Waals surface area contributed by atoms with Crippen LogP contribution in [0, 0.1) is 0 Å². The van der Waals surface area contributed by atoms with Crippen LogP contribution < -0.4 is 0 Å². The molecule has 5 nitrogen and oxygen atoms in total.